The first-order valence-corrected chi connectivity index (χ1v) is 8.67. The summed E-state index contributed by atoms with van der Waals surface area (Å²) >= 11 is 7.01. The summed E-state index contributed by atoms with van der Waals surface area (Å²) in [7, 11) is 0. The molecule has 0 saturated carbocycles. The number of hydrogen-bond donors (Lipinski definition) is 1. The van der Waals surface area contributed by atoms with Crippen molar-refractivity contribution in [2.24, 2.45) is 0 Å². The molecule has 1 fully saturated rings. The van der Waals surface area contributed by atoms with Crippen LogP contribution in [0.1, 0.15) is 4.88 Å². The zero-order chi connectivity index (χ0) is 15.0. The predicted octanol–water partition coefficient (Wildman–Crippen LogP) is 3.54. The Kier molecular flexibility index (Phi) is 4.14. The lowest BCUT2D eigenvalue weighted by atomic mass is 10.2. The van der Waals surface area contributed by atoms with Crippen LogP contribution in [0.5, 0.6) is 0 Å². The number of carbonyl (C=O) groups excluding carboxylic acids is 2. The predicted molar refractivity (Wildman–Crippen MR) is 95.0 cm³/mol. The van der Waals surface area contributed by atoms with E-state index in [1.807, 2.05) is 29.6 Å². The lowest BCUT2D eigenvalue weighted by Gasteiger charge is -2.14. The first kappa shape index (κ1) is 14.7. The molecule has 2 amide bonds. The van der Waals surface area contributed by atoms with Gasteiger partial charge in [0.15, 0.2) is 0 Å². The molecule has 4 nitrogen and oxygen atoms in total. The number of anilines is 1. The molecular weight excluding hydrogens is 467 g/mol. The molecular formula is C14H8BrIN2O2S. The summed E-state index contributed by atoms with van der Waals surface area (Å²) in [5.41, 5.74) is 3.35. The van der Waals surface area contributed by atoms with Crippen molar-refractivity contribution >= 4 is 71.8 Å². The Balaban J connectivity index is 2.00. The van der Waals surface area contributed by atoms with E-state index in [-0.39, 0.29) is 11.5 Å². The summed E-state index contributed by atoms with van der Waals surface area (Å²) in [6.45, 7) is 0. The van der Waals surface area contributed by atoms with Crippen LogP contribution in [-0.2, 0) is 9.59 Å². The monoisotopic (exact) mass is 474 g/mol. The van der Waals surface area contributed by atoms with Crippen molar-refractivity contribution in [3.05, 3.63) is 55.8 Å². The fraction of sp³-hybridized carbons (Fsp3) is 0. The van der Waals surface area contributed by atoms with Crippen LogP contribution >= 0.6 is 49.9 Å². The molecule has 1 aromatic carbocycles. The van der Waals surface area contributed by atoms with E-state index < -0.39 is 5.91 Å². The molecule has 0 aliphatic carbocycles. The van der Waals surface area contributed by atoms with E-state index in [1.54, 1.807) is 12.1 Å². The molecule has 1 aliphatic heterocycles. The Bertz CT molecular complexity index is 741. The maximum atomic E-state index is 12.5. The van der Waals surface area contributed by atoms with Gasteiger partial charge >= 0.3 is 0 Å². The second-order valence-corrected chi connectivity index (χ2v) is 7.21. The van der Waals surface area contributed by atoms with Crippen molar-refractivity contribution in [3.8, 4) is 0 Å². The van der Waals surface area contributed by atoms with Gasteiger partial charge in [-0.2, -0.15) is 0 Å². The average molecular weight is 475 g/mol. The zero-order valence-electron chi connectivity index (χ0n) is 10.5. The molecule has 2 aromatic rings. The number of halogens is 2. The number of nitrogens with one attached hydrogen (secondary N) is 1. The van der Waals surface area contributed by atoms with Gasteiger partial charge in [-0.05, 0) is 74.2 Å². The smallest absolute Gasteiger partial charge is 0.267 e. The molecule has 106 valence electrons. The first-order valence-electron chi connectivity index (χ1n) is 5.92. The Hall–Kier alpha value is -1.19. The molecule has 1 aromatic heterocycles. The highest BCUT2D eigenvalue weighted by Crippen LogP contribution is 2.32. The van der Waals surface area contributed by atoms with Gasteiger partial charge in [0.05, 0.1) is 10.2 Å². The van der Waals surface area contributed by atoms with Crippen LogP contribution in [0.4, 0.5) is 5.69 Å². The first-order chi connectivity index (χ1) is 10.1. The number of benzene rings is 1. The van der Waals surface area contributed by atoms with E-state index in [0.29, 0.717) is 10.2 Å². The second-order valence-electron chi connectivity index (χ2n) is 4.22. The molecule has 2 heterocycles. The number of thiophene rings is 1. The van der Waals surface area contributed by atoms with E-state index in [4.69, 9.17) is 0 Å². The summed E-state index contributed by atoms with van der Waals surface area (Å²) < 4.78 is 1.58. The third-order valence-corrected chi connectivity index (χ3v) is 5.59. The Morgan fingerprint density at radius 2 is 1.90 bits per heavy atom. The van der Waals surface area contributed by atoms with Crippen molar-refractivity contribution in [1.29, 1.82) is 0 Å². The number of hydrazine groups is 1. The van der Waals surface area contributed by atoms with Crippen LogP contribution in [0, 0.1) is 3.57 Å². The van der Waals surface area contributed by atoms with Gasteiger partial charge in [-0.15, -0.1) is 11.3 Å². The molecule has 0 atom stereocenters. The van der Waals surface area contributed by atoms with Crippen molar-refractivity contribution in [2.75, 3.05) is 5.01 Å². The molecule has 0 radical (unpaired) electrons. The van der Waals surface area contributed by atoms with Gasteiger partial charge in [0.25, 0.3) is 11.8 Å². The van der Waals surface area contributed by atoms with Crippen molar-refractivity contribution in [1.82, 2.24) is 5.43 Å². The highest BCUT2D eigenvalue weighted by Gasteiger charge is 2.37. The van der Waals surface area contributed by atoms with Gasteiger partial charge in [-0.25, -0.2) is 5.01 Å². The van der Waals surface area contributed by atoms with Crippen LogP contribution in [0.15, 0.2) is 47.4 Å². The van der Waals surface area contributed by atoms with Gasteiger partial charge in [-0.1, -0.05) is 6.07 Å². The Morgan fingerprint density at radius 1 is 1.19 bits per heavy atom. The van der Waals surface area contributed by atoms with E-state index in [2.05, 4.69) is 43.9 Å². The molecule has 0 spiro atoms. The standard InChI is InChI=1S/C14H8BrIN2O2S/c15-12(10-2-1-7-21-10)11-13(19)17-18(14(11)20)9-5-3-8(16)4-6-9/h1-7H,(H,17,19)/b12-11+. The highest BCUT2D eigenvalue weighted by atomic mass is 127. The zero-order valence-corrected chi connectivity index (χ0v) is 15.0. The third kappa shape index (κ3) is 2.77. The maximum Gasteiger partial charge on any atom is 0.283 e. The fourth-order valence-corrected chi connectivity index (χ4v) is 3.70. The highest BCUT2D eigenvalue weighted by molar-refractivity contribution is 14.1. The summed E-state index contributed by atoms with van der Waals surface area (Å²) in [5.74, 6) is -0.764. The van der Waals surface area contributed by atoms with Gasteiger partial charge in [0.1, 0.15) is 5.57 Å². The SMILES string of the molecule is O=C1NN(c2ccc(I)cc2)C(=O)/C1=C(/Br)c1cccs1. The van der Waals surface area contributed by atoms with Gasteiger partial charge in [0, 0.05) is 8.45 Å². The summed E-state index contributed by atoms with van der Waals surface area (Å²) in [5, 5.41) is 3.16. The lowest BCUT2D eigenvalue weighted by molar-refractivity contribution is -0.117. The van der Waals surface area contributed by atoms with Gasteiger partial charge in [0.2, 0.25) is 0 Å². The summed E-state index contributed by atoms with van der Waals surface area (Å²) in [6, 6.07) is 11.1. The number of hydrogen-bond acceptors (Lipinski definition) is 3. The van der Waals surface area contributed by atoms with Crippen LogP contribution in [0.2, 0.25) is 0 Å². The van der Waals surface area contributed by atoms with Gasteiger partial charge < -0.3 is 0 Å². The fourth-order valence-electron chi connectivity index (χ4n) is 1.91. The topological polar surface area (TPSA) is 49.4 Å². The van der Waals surface area contributed by atoms with E-state index in [0.717, 1.165) is 8.45 Å². The van der Waals surface area contributed by atoms with Crippen molar-refractivity contribution < 1.29 is 9.59 Å². The van der Waals surface area contributed by atoms with Crippen LogP contribution in [-0.4, -0.2) is 11.8 Å². The molecule has 1 aliphatic rings. The minimum absolute atomic E-state index is 0.121. The van der Waals surface area contributed by atoms with Crippen molar-refractivity contribution in [2.45, 2.75) is 0 Å². The van der Waals surface area contributed by atoms with Crippen LogP contribution < -0.4 is 10.4 Å². The van der Waals surface area contributed by atoms with E-state index >= 15 is 0 Å². The molecule has 7 heteroatoms. The average Bonchev–Trinajstić information content (AvgIpc) is 3.08. The molecule has 0 bridgehead atoms. The van der Waals surface area contributed by atoms with Crippen LogP contribution in [0.25, 0.3) is 4.48 Å². The third-order valence-electron chi connectivity index (χ3n) is 2.90. The Labute approximate surface area is 147 Å². The lowest BCUT2D eigenvalue weighted by Crippen LogP contribution is -2.35. The number of nitrogens with zero attached hydrogens (tertiary/aromatic N) is 1. The summed E-state index contributed by atoms with van der Waals surface area (Å²) in [4.78, 5) is 25.5. The molecule has 1 saturated heterocycles. The molecule has 3 rings (SSSR count). The Morgan fingerprint density at radius 3 is 2.52 bits per heavy atom. The van der Waals surface area contributed by atoms with Gasteiger partial charge in [-0.3, -0.25) is 15.0 Å². The largest absolute Gasteiger partial charge is 0.283 e. The maximum absolute atomic E-state index is 12.5. The molecule has 1 N–H and O–H groups in total. The minimum Gasteiger partial charge on any atom is -0.267 e. The molecule has 0 unspecified atom stereocenters. The summed E-state index contributed by atoms with van der Waals surface area (Å²) in [6.07, 6.45) is 0. The van der Waals surface area contributed by atoms with Crippen molar-refractivity contribution in [3.63, 3.8) is 0 Å². The van der Waals surface area contributed by atoms with E-state index in [9.17, 15) is 9.59 Å². The number of rotatable bonds is 2. The second kappa shape index (κ2) is 5.90. The van der Waals surface area contributed by atoms with Crippen LogP contribution in [0.3, 0.4) is 0 Å². The quantitative estimate of drug-likeness (QED) is 0.411. The number of carbonyl (C=O) groups is 2. The molecule has 21 heavy (non-hydrogen) atoms. The normalized spacial score (nSPS) is 17.1. The minimum atomic E-state index is -0.404. The number of amides is 2. The van der Waals surface area contributed by atoms with E-state index in [1.165, 1.54) is 16.3 Å².